The molecule has 1 atom stereocenters. The summed E-state index contributed by atoms with van der Waals surface area (Å²) in [7, 11) is 2.31. The fourth-order valence-corrected chi connectivity index (χ4v) is 3.68. The second-order valence-electron chi connectivity index (χ2n) is 8.38. The third kappa shape index (κ3) is 7.55. The van der Waals surface area contributed by atoms with Crippen molar-refractivity contribution in [3.63, 3.8) is 0 Å². The molecule has 0 spiro atoms. The van der Waals surface area contributed by atoms with Crippen LogP contribution in [-0.2, 0) is 15.6 Å². The number of carbonyl (C=O) groups is 1. The summed E-state index contributed by atoms with van der Waals surface area (Å²) in [6.07, 6.45) is 3.77. The Kier molecular flexibility index (Phi) is 7.59. The molecule has 0 aromatic heterocycles. The van der Waals surface area contributed by atoms with Crippen molar-refractivity contribution < 1.29 is 14.3 Å². The van der Waals surface area contributed by atoms with E-state index in [4.69, 9.17) is 9.53 Å². The maximum Gasteiger partial charge on any atom is 0.328 e. The van der Waals surface area contributed by atoms with Gasteiger partial charge in [0.1, 0.15) is 0 Å². The first-order valence-electron chi connectivity index (χ1n) is 8.73. The molecule has 1 rings (SSSR count). The summed E-state index contributed by atoms with van der Waals surface area (Å²) in [4.78, 5) is 12.8. The van der Waals surface area contributed by atoms with Crippen LogP contribution in [-0.4, -0.2) is 51.0 Å². The summed E-state index contributed by atoms with van der Waals surface area (Å²) in [6.45, 7) is 12.2. The maximum atomic E-state index is 10.6. The van der Waals surface area contributed by atoms with Gasteiger partial charge in [-0.05, 0) is 55.9 Å². The molecule has 140 valence electrons. The monoisotopic (exact) mass is 363 g/mol. The van der Waals surface area contributed by atoms with Crippen molar-refractivity contribution in [3.8, 4) is 0 Å². The number of hydrogen-bond donors (Lipinski definition) is 1. The van der Waals surface area contributed by atoms with Gasteiger partial charge in [0.25, 0.3) is 0 Å². The average molecular weight is 364 g/mol. The van der Waals surface area contributed by atoms with E-state index in [1.165, 1.54) is 5.56 Å². The molecule has 0 amide bonds. The first kappa shape index (κ1) is 21.6. The highest BCUT2D eigenvalue weighted by Crippen LogP contribution is 2.37. The van der Waals surface area contributed by atoms with Gasteiger partial charge in [-0.3, -0.25) is 0 Å². The third-order valence-corrected chi connectivity index (χ3v) is 9.23. The molecule has 0 saturated heterocycles. The Labute approximate surface area is 153 Å². The summed E-state index contributed by atoms with van der Waals surface area (Å²) in [5.41, 5.74) is 2.10. The lowest BCUT2D eigenvalue weighted by Gasteiger charge is -2.40. The van der Waals surface area contributed by atoms with Gasteiger partial charge in [-0.25, -0.2) is 4.79 Å². The first-order chi connectivity index (χ1) is 11.4. The molecule has 1 aromatic carbocycles. The highest BCUT2D eigenvalue weighted by molar-refractivity contribution is 6.74. The van der Waals surface area contributed by atoms with Gasteiger partial charge in [0.2, 0.25) is 0 Å². The Balaban J connectivity index is 2.86. The Morgan fingerprint density at radius 2 is 1.80 bits per heavy atom. The van der Waals surface area contributed by atoms with E-state index >= 15 is 0 Å². The Morgan fingerprint density at radius 1 is 1.24 bits per heavy atom. The molecule has 1 unspecified atom stereocenters. The standard InChI is InChI=1S/C20H33NO3Si/c1-20(2,3)25(6,7)24-18(15-21(4)5)14-17-10-8-16(9-11-17)12-13-19(22)23/h8-13,18H,14-15H2,1-7H3,(H,22,23). The van der Waals surface area contributed by atoms with Crippen LogP contribution < -0.4 is 0 Å². The SMILES string of the molecule is CN(C)CC(Cc1ccc(C=CC(=O)O)cc1)O[Si](C)(C)C(C)(C)C. The van der Waals surface area contributed by atoms with Gasteiger partial charge in [0.15, 0.2) is 8.32 Å². The van der Waals surface area contributed by atoms with Gasteiger partial charge in [-0.1, -0.05) is 45.0 Å². The van der Waals surface area contributed by atoms with Gasteiger partial charge in [-0.2, -0.15) is 0 Å². The molecule has 0 fully saturated rings. The van der Waals surface area contributed by atoms with E-state index in [1.807, 2.05) is 12.1 Å². The van der Waals surface area contributed by atoms with Crippen LogP contribution in [0.4, 0.5) is 0 Å². The van der Waals surface area contributed by atoms with E-state index in [9.17, 15) is 4.79 Å². The van der Waals surface area contributed by atoms with E-state index in [-0.39, 0.29) is 11.1 Å². The van der Waals surface area contributed by atoms with E-state index in [0.717, 1.165) is 24.6 Å². The molecule has 0 radical (unpaired) electrons. The van der Waals surface area contributed by atoms with Crippen LogP contribution in [0.3, 0.4) is 0 Å². The Morgan fingerprint density at radius 3 is 2.24 bits per heavy atom. The van der Waals surface area contributed by atoms with Crippen molar-refractivity contribution in [1.82, 2.24) is 4.90 Å². The number of carboxylic acid groups (broad SMARTS) is 1. The Hall–Kier alpha value is -1.43. The van der Waals surface area contributed by atoms with Crippen molar-refractivity contribution >= 4 is 20.4 Å². The number of aliphatic carboxylic acids is 1. The summed E-state index contributed by atoms with van der Waals surface area (Å²) in [5, 5.41) is 8.89. The van der Waals surface area contributed by atoms with E-state index < -0.39 is 14.3 Å². The summed E-state index contributed by atoms with van der Waals surface area (Å²) >= 11 is 0. The van der Waals surface area contributed by atoms with Crippen molar-refractivity contribution in [2.75, 3.05) is 20.6 Å². The minimum absolute atomic E-state index is 0.149. The lowest BCUT2D eigenvalue weighted by Crippen LogP contribution is -2.47. The quantitative estimate of drug-likeness (QED) is 0.553. The predicted octanol–water partition coefficient (Wildman–Crippen LogP) is 4.28. The topological polar surface area (TPSA) is 49.8 Å². The molecule has 1 aromatic rings. The highest BCUT2D eigenvalue weighted by atomic mass is 28.4. The zero-order chi connectivity index (χ0) is 19.3. The van der Waals surface area contributed by atoms with Crippen molar-refractivity contribution in [2.45, 2.75) is 51.4 Å². The van der Waals surface area contributed by atoms with Crippen LogP contribution in [0.2, 0.25) is 18.1 Å². The predicted molar refractivity (Wildman–Crippen MR) is 107 cm³/mol. The molecule has 0 aliphatic heterocycles. The van der Waals surface area contributed by atoms with Gasteiger partial charge in [0.05, 0.1) is 6.10 Å². The average Bonchev–Trinajstić information content (AvgIpc) is 2.44. The van der Waals surface area contributed by atoms with Crippen LogP contribution in [0, 0.1) is 0 Å². The fraction of sp³-hybridized carbons (Fsp3) is 0.550. The minimum atomic E-state index is -1.83. The van der Waals surface area contributed by atoms with Crippen LogP contribution in [0.25, 0.3) is 6.08 Å². The van der Waals surface area contributed by atoms with Gasteiger partial charge < -0.3 is 14.4 Å². The number of hydrogen-bond acceptors (Lipinski definition) is 3. The van der Waals surface area contributed by atoms with Crippen LogP contribution in [0.5, 0.6) is 0 Å². The van der Waals surface area contributed by atoms with E-state index in [1.54, 1.807) is 6.08 Å². The number of nitrogens with zero attached hydrogens (tertiary/aromatic N) is 1. The van der Waals surface area contributed by atoms with E-state index in [0.29, 0.717) is 0 Å². The normalized spacial score (nSPS) is 14.2. The first-order valence-corrected chi connectivity index (χ1v) is 11.6. The third-order valence-electron chi connectivity index (χ3n) is 4.70. The van der Waals surface area contributed by atoms with Gasteiger partial charge >= 0.3 is 5.97 Å². The van der Waals surface area contributed by atoms with Gasteiger partial charge in [0, 0.05) is 12.6 Å². The molecule has 5 heteroatoms. The molecule has 1 N–H and O–H groups in total. The number of rotatable bonds is 8. The zero-order valence-corrected chi connectivity index (χ0v) is 17.7. The largest absolute Gasteiger partial charge is 0.478 e. The molecule has 0 bridgehead atoms. The van der Waals surface area contributed by atoms with Crippen LogP contribution in [0.1, 0.15) is 31.9 Å². The summed E-state index contributed by atoms with van der Waals surface area (Å²) in [6, 6.07) is 8.01. The van der Waals surface area contributed by atoms with Gasteiger partial charge in [-0.15, -0.1) is 0 Å². The molecular weight excluding hydrogens is 330 g/mol. The summed E-state index contributed by atoms with van der Waals surface area (Å²) < 4.78 is 6.63. The number of benzene rings is 1. The van der Waals surface area contributed by atoms with Crippen molar-refractivity contribution in [3.05, 3.63) is 41.5 Å². The lowest BCUT2D eigenvalue weighted by atomic mass is 10.1. The molecule has 0 heterocycles. The number of likely N-dealkylation sites (N-methyl/N-ethyl adjacent to an activating group) is 1. The smallest absolute Gasteiger partial charge is 0.328 e. The maximum absolute atomic E-state index is 10.6. The van der Waals surface area contributed by atoms with Crippen molar-refractivity contribution in [2.24, 2.45) is 0 Å². The van der Waals surface area contributed by atoms with Crippen LogP contribution in [0.15, 0.2) is 30.3 Å². The molecule has 4 nitrogen and oxygen atoms in total. The van der Waals surface area contributed by atoms with E-state index in [2.05, 4.69) is 65.0 Å². The Bertz CT molecular complexity index is 586. The number of carboxylic acids is 1. The zero-order valence-electron chi connectivity index (χ0n) is 16.7. The lowest BCUT2D eigenvalue weighted by molar-refractivity contribution is -0.131. The molecule has 0 saturated carbocycles. The van der Waals surface area contributed by atoms with Crippen LogP contribution >= 0.6 is 0 Å². The summed E-state index contributed by atoms with van der Waals surface area (Å²) in [5.74, 6) is -0.933. The minimum Gasteiger partial charge on any atom is -0.478 e. The fourth-order valence-electron chi connectivity index (χ4n) is 2.34. The second-order valence-corrected chi connectivity index (χ2v) is 13.1. The second kappa shape index (κ2) is 8.78. The molecule has 0 aliphatic rings. The molecular formula is C20H33NO3Si. The molecule has 25 heavy (non-hydrogen) atoms. The molecule has 0 aliphatic carbocycles. The van der Waals surface area contributed by atoms with Crippen molar-refractivity contribution in [1.29, 1.82) is 0 Å². The highest BCUT2D eigenvalue weighted by Gasteiger charge is 2.39.